The predicted molar refractivity (Wildman–Crippen MR) is 180 cm³/mol. The van der Waals surface area contributed by atoms with E-state index < -0.39 is 38.1 Å². The van der Waals surface area contributed by atoms with Crippen molar-refractivity contribution in [1.82, 2.24) is 9.21 Å². The lowest BCUT2D eigenvalue weighted by molar-refractivity contribution is -0.00833. The van der Waals surface area contributed by atoms with Crippen molar-refractivity contribution in [3.05, 3.63) is 84.4 Å². The van der Waals surface area contributed by atoms with Gasteiger partial charge in [0, 0.05) is 38.3 Å². The first kappa shape index (κ1) is 36.3. The minimum Gasteiger partial charge on any atom is -0.490 e. The highest BCUT2D eigenvalue weighted by Crippen LogP contribution is 2.30. The molecule has 3 aromatic rings. The third kappa shape index (κ3) is 9.32. The van der Waals surface area contributed by atoms with Gasteiger partial charge < -0.3 is 19.5 Å². The van der Waals surface area contributed by atoms with Crippen LogP contribution in [-0.4, -0.2) is 88.7 Å². The van der Waals surface area contributed by atoms with Crippen LogP contribution in [0.25, 0.3) is 0 Å². The van der Waals surface area contributed by atoms with Crippen LogP contribution in [0.2, 0.25) is 0 Å². The molecule has 0 radical (unpaired) electrons. The molecule has 0 aromatic heterocycles. The van der Waals surface area contributed by atoms with E-state index >= 15 is 0 Å². The lowest BCUT2D eigenvalue weighted by Gasteiger charge is -2.35. The fourth-order valence-electron chi connectivity index (χ4n) is 5.39. The fourth-order valence-corrected chi connectivity index (χ4v) is 7.66. The molecule has 1 aliphatic heterocycles. The van der Waals surface area contributed by atoms with Gasteiger partial charge in [-0.2, -0.15) is 4.31 Å². The third-order valence-electron chi connectivity index (χ3n) is 8.25. The van der Waals surface area contributed by atoms with Gasteiger partial charge >= 0.3 is 0 Å². The summed E-state index contributed by atoms with van der Waals surface area (Å²) >= 11 is 0. The van der Waals surface area contributed by atoms with E-state index in [1.807, 2.05) is 13.8 Å². The smallest absolute Gasteiger partial charge is 0.261 e. The predicted octanol–water partition coefficient (Wildman–Crippen LogP) is 4.60. The Hall–Kier alpha value is -3.49. The quantitative estimate of drug-likeness (QED) is 0.333. The molecule has 0 aliphatic carbocycles. The van der Waals surface area contributed by atoms with E-state index in [0.29, 0.717) is 18.8 Å². The normalized spacial score (nSPS) is 20.9. The number of rotatable bonds is 9. The molecule has 0 fully saturated rings. The van der Waals surface area contributed by atoms with Gasteiger partial charge in [0.15, 0.2) is 0 Å². The molecule has 0 spiro atoms. The number of nitrogens with zero attached hydrogens (tertiary/aromatic N) is 2. The number of aliphatic hydroxyl groups excluding tert-OH is 1. The number of benzene rings is 3. The van der Waals surface area contributed by atoms with E-state index in [1.165, 1.54) is 34.5 Å². The second kappa shape index (κ2) is 16.1. The van der Waals surface area contributed by atoms with Gasteiger partial charge in [0.1, 0.15) is 5.75 Å². The Bertz CT molecular complexity index is 1690. The molecule has 0 unspecified atom stereocenters. The molecule has 1 heterocycles. The molecule has 47 heavy (non-hydrogen) atoms. The molecule has 3 aromatic carbocycles. The summed E-state index contributed by atoms with van der Waals surface area (Å²) in [5.74, 6) is -0.527. The first-order chi connectivity index (χ1) is 22.3. The first-order valence-electron chi connectivity index (χ1n) is 15.8. The molecule has 1 aliphatic rings. The maximum Gasteiger partial charge on any atom is 0.261 e. The van der Waals surface area contributed by atoms with Crippen molar-refractivity contribution >= 4 is 31.6 Å². The second-order valence-electron chi connectivity index (χ2n) is 12.0. The number of likely N-dealkylation sites (N-methyl/N-ethyl adjacent to an activating group) is 1. The highest BCUT2D eigenvalue weighted by Gasteiger charge is 2.32. The van der Waals surface area contributed by atoms with Crippen LogP contribution in [0.1, 0.15) is 50.4 Å². The highest BCUT2D eigenvalue weighted by molar-refractivity contribution is 7.92. The Morgan fingerprint density at radius 2 is 1.60 bits per heavy atom. The fraction of sp³-hybridized carbons (Fsp3) is 0.441. The molecule has 4 atom stereocenters. The lowest BCUT2D eigenvalue weighted by atomic mass is 10.0. The Morgan fingerprint density at radius 1 is 0.957 bits per heavy atom. The van der Waals surface area contributed by atoms with Crippen LogP contribution in [0.4, 0.5) is 5.69 Å². The zero-order valence-corrected chi connectivity index (χ0v) is 28.9. The number of hydrogen-bond donors (Lipinski definition) is 2. The molecule has 4 rings (SSSR count). The van der Waals surface area contributed by atoms with Crippen molar-refractivity contribution in [1.29, 1.82) is 0 Å². The van der Waals surface area contributed by atoms with Gasteiger partial charge in [0.05, 0.1) is 40.2 Å². The Balaban J connectivity index is 1.68. The van der Waals surface area contributed by atoms with Crippen molar-refractivity contribution < 1.29 is 36.2 Å². The maximum absolute atomic E-state index is 14.3. The van der Waals surface area contributed by atoms with Crippen molar-refractivity contribution in [2.45, 2.75) is 68.1 Å². The molecule has 0 saturated heterocycles. The van der Waals surface area contributed by atoms with Crippen molar-refractivity contribution in [2.75, 3.05) is 38.1 Å². The van der Waals surface area contributed by atoms with Gasteiger partial charge in [-0.1, -0.05) is 43.3 Å². The SMILES string of the molecule is C[C@@H]1CCCCO[C@H](CN(C)S(=O)(=O)c2ccccc2)[C@H](C)CN([C@@H](C)CO)C(=O)c2cc(NS(=O)(=O)c3ccccc3)ccc2O1. The van der Waals surface area contributed by atoms with Gasteiger partial charge in [0.2, 0.25) is 10.0 Å². The van der Waals surface area contributed by atoms with Gasteiger partial charge in [-0.3, -0.25) is 9.52 Å². The summed E-state index contributed by atoms with van der Waals surface area (Å²) in [6.45, 7) is 5.73. The molecule has 256 valence electrons. The van der Waals surface area contributed by atoms with Crippen molar-refractivity contribution in [3.8, 4) is 5.75 Å². The summed E-state index contributed by atoms with van der Waals surface area (Å²) < 4.78 is 69.2. The number of ether oxygens (including phenoxy) is 2. The van der Waals surface area contributed by atoms with E-state index in [0.717, 1.165) is 12.8 Å². The summed E-state index contributed by atoms with van der Waals surface area (Å²) in [6.07, 6.45) is 1.32. The largest absolute Gasteiger partial charge is 0.490 e. The minimum atomic E-state index is -3.94. The van der Waals surface area contributed by atoms with Gasteiger partial charge in [-0.05, 0) is 75.6 Å². The topological polar surface area (TPSA) is 143 Å². The standard InChI is InChI=1S/C34H45N3O8S2/c1-25-22-37(26(2)24-38)34(39)31-21-28(35-46(40,41)29-14-7-5-8-15-29)18-19-32(31)45-27(3)13-11-12-20-44-33(25)23-36(4)47(42,43)30-16-9-6-10-17-30/h5-10,14-19,21,25-27,33,35,38H,11-13,20,22-24H2,1-4H3/t25-,26+,27-,33-/m1/s1. The Kier molecular flexibility index (Phi) is 12.4. The Labute approximate surface area is 278 Å². The maximum atomic E-state index is 14.3. The monoisotopic (exact) mass is 687 g/mol. The number of amides is 1. The summed E-state index contributed by atoms with van der Waals surface area (Å²) in [4.78, 5) is 16.1. The molecule has 0 saturated carbocycles. The van der Waals surface area contributed by atoms with Gasteiger partial charge in [0.25, 0.3) is 15.9 Å². The number of anilines is 1. The average molecular weight is 688 g/mol. The summed E-state index contributed by atoms with van der Waals surface area (Å²) in [7, 11) is -6.22. The van der Waals surface area contributed by atoms with Crippen molar-refractivity contribution in [2.24, 2.45) is 5.92 Å². The van der Waals surface area contributed by atoms with E-state index in [9.17, 15) is 26.7 Å². The number of hydrogen-bond acceptors (Lipinski definition) is 8. The molecule has 11 nitrogen and oxygen atoms in total. The van der Waals surface area contributed by atoms with E-state index in [2.05, 4.69) is 4.72 Å². The van der Waals surface area contributed by atoms with Crippen LogP contribution < -0.4 is 9.46 Å². The van der Waals surface area contributed by atoms with Crippen LogP contribution in [0.15, 0.2) is 88.7 Å². The zero-order valence-electron chi connectivity index (χ0n) is 27.3. The number of aliphatic hydroxyl groups is 1. The van der Waals surface area contributed by atoms with E-state index in [4.69, 9.17) is 9.47 Å². The number of fused-ring (bicyclic) bond motifs is 1. The average Bonchev–Trinajstić information content (AvgIpc) is 3.06. The molecule has 13 heteroatoms. The number of sulfonamides is 2. The van der Waals surface area contributed by atoms with Crippen LogP contribution in [0.5, 0.6) is 5.75 Å². The third-order valence-corrected chi connectivity index (χ3v) is 11.5. The summed E-state index contributed by atoms with van der Waals surface area (Å²) in [5.41, 5.74) is 0.313. The van der Waals surface area contributed by atoms with Crippen molar-refractivity contribution in [3.63, 3.8) is 0 Å². The van der Waals surface area contributed by atoms with Crippen LogP contribution in [0.3, 0.4) is 0 Å². The van der Waals surface area contributed by atoms with E-state index in [-0.39, 0.29) is 52.8 Å². The minimum absolute atomic E-state index is 0.0510. The van der Waals surface area contributed by atoms with Crippen LogP contribution in [0, 0.1) is 5.92 Å². The number of nitrogens with one attached hydrogen (secondary N) is 1. The van der Waals surface area contributed by atoms with Gasteiger partial charge in [-0.25, -0.2) is 16.8 Å². The molecular formula is C34H45N3O8S2. The molecule has 2 N–H and O–H groups in total. The van der Waals surface area contributed by atoms with Crippen LogP contribution in [-0.2, 0) is 24.8 Å². The molecule has 0 bridgehead atoms. The van der Waals surface area contributed by atoms with Crippen LogP contribution >= 0.6 is 0 Å². The number of carbonyl (C=O) groups excluding carboxylic acids is 1. The lowest BCUT2D eigenvalue weighted by Crippen LogP contribution is -2.48. The Morgan fingerprint density at radius 3 is 2.23 bits per heavy atom. The highest BCUT2D eigenvalue weighted by atomic mass is 32.2. The number of carbonyl (C=O) groups is 1. The summed E-state index contributed by atoms with van der Waals surface area (Å²) in [5, 5.41) is 10.2. The van der Waals surface area contributed by atoms with Gasteiger partial charge in [-0.15, -0.1) is 0 Å². The first-order valence-corrected chi connectivity index (χ1v) is 18.7. The second-order valence-corrected chi connectivity index (χ2v) is 15.8. The van der Waals surface area contributed by atoms with E-state index in [1.54, 1.807) is 67.6 Å². The zero-order chi connectivity index (χ0) is 34.2. The molecule has 1 amide bonds. The summed E-state index contributed by atoms with van der Waals surface area (Å²) in [6, 6.07) is 20.1. The molecular weight excluding hydrogens is 643 g/mol.